The summed E-state index contributed by atoms with van der Waals surface area (Å²) in [6.07, 6.45) is 4.41. The van der Waals surface area contributed by atoms with Crippen LogP contribution < -0.4 is 5.32 Å². The maximum Gasteiger partial charge on any atom is 0.282 e. The summed E-state index contributed by atoms with van der Waals surface area (Å²) in [5.41, 5.74) is -0.0742. The summed E-state index contributed by atoms with van der Waals surface area (Å²) in [7, 11) is 0. The predicted molar refractivity (Wildman–Crippen MR) is 59.3 cm³/mol. The van der Waals surface area contributed by atoms with Crippen LogP contribution in [0.5, 0.6) is 0 Å². The molecule has 2 rings (SSSR count). The summed E-state index contributed by atoms with van der Waals surface area (Å²) in [6.45, 7) is 2.07. The van der Waals surface area contributed by atoms with Crippen LogP contribution in [0.15, 0.2) is 0 Å². The van der Waals surface area contributed by atoms with Gasteiger partial charge < -0.3 is 5.32 Å². The number of rotatable bonds is 2. The Labute approximate surface area is 97.0 Å². The maximum absolute atomic E-state index is 11.8. The van der Waals surface area contributed by atoms with Gasteiger partial charge in [-0.2, -0.15) is 0 Å². The number of carbonyl (C=O) groups is 1. The number of amides is 1. The number of carbonyl (C=O) groups excluding carboxylic acids is 1. The largest absolute Gasteiger partial charge is 0.345 e. The summed E-state index contributed by atoms with van der Waals surface area (Å²) < 4.78 is 0.303. The smallest absolute Gasteiger partial charge is 0.282 e. The molecular weight excluding hydrogens is 234 g/mol. The molecule has 0 aliphatic heterocycles. The van der Waals surface area contributed by atoms with Gasteiger partial charge in [-0.05, 0) is 31.4 Å². The molecular formula is C9H12ClN3OS. The molecule has 1 saturated carbocycles. The summed E-state index contributed by atoms with van der Waals surface area (Å²) in [5, 5.41) is 10.7. The molecule has 1 fully saturated rings. The lowest BCUT2D eigenvalue weighted by molar-refractivity contribution is 0.0907. The highest BCUT2D eigenvalue weighted by atomic mass is 35.5. The molecule has 1 aliphatic rings. The van der Waals surface area contributed by atoms with Crippen LogP contribution in [0.3, 0.4) is 0 Å². The van der Waals surface area contributed by atoms with Crippen LogP contribution in [0.25, 0.3) is 0 Å². The van der Waals surface area contributed by atoms with Gasteiger partial charge in [0.1, 0.15) is 0 Å². The third kappa shape index (κ3) is 2.46. The van der Waals surface area contributed by atoms with E-state index in [9.17, 15) is 4.79 Å². The number of halogens is 1. The zero-order valence-electron chi connectivity index (χ0n) is 8.42. The van der Waals surface area contributed by atoms with Crippen molar-refractivity contribution in [1.82, 2.24) is 15.5 Å². The first-order valence-corrected chi connectivity index (χ1v) is 6.10. The fourth-order valence-corrected chi connectivity index (χ4v) is 2.63. The quantitative estimate of drug-likeness (QED) is 0.870. The average molecular weight is 246 g/mol. The lowest BCUT2D eigenvalue weighted by Gasteiger charge is -2.24. The van der Waals surface area contributed by atoms with Crippen molar-refractivity contribution >= 4 is 28.8 Å². The van der Waals surface area contributed by atoms with Crippen molar-refractivity contribution in [3.8, 4) is 0 Å². The molecule has 1 N–H and O–H groups in total. The molecule has 0 spiro atoms. The van der Waals surface area contributed by atoms with E-state index in [1.54, 1.807) is 0 Å². The van der Waals surface area contributed by atoms with Crippen molar-refractivity contribution in [3.63, 3.8) is 0 Å². The fourth-order valence-electron chi connectivity index (χ4n) is 1.90. The van der Waals surface area contributed by atoms with E-state index < -0.39 is 0 Å². The van der Waals surface area contributed by atoms with Crippen LogP contribution in [0.2, 0.25) is 4.47 Å². The van der Waals surface area contributed by atoms with Gasteiger partial charge in [-0.3, -0.25) is 4.79 Å². The van der Waals surface area contributed by atoms with Crippen LogP contribution in [0.4, 0.5) is 0 Å². The standard InChI is InChI=1S/C9H12ClN3OS/c1-9(4-2-3-5-9)11-6(14)7-12-13-8(10)15-7/h2-5H2,1H3,(H,11,14). The van der Waals surface area contributed by atoms with E-state index in [-0.39, 0.29) is 11.4 Å². The van der Waals surface area contributed by atoms with Crippen molar-refractivity contribution in [2.45, 2.75) is 38.1 Å². The first kappa shape index (κ1) is 10.8. The average Bonchev–Trinajstić information content (AvgIpc) is 2.75. The Kier molecular flexibility index (Phi) is 2.93. The fraction of sp³-hybridized carbons (Fsp3) is 0.667. The molecule has 1 amide bonds. The van der Waals surface area contributed by atoms with Gasteiger partial charge in [0.25, 0.3) is 5.91 Å². The van der Waals surface area contributed by atoms with Crippen molar-refractivity contribution < 1.29 is 4.79 Å². The lowest BCUT2D eigenvalue weighted by atomic mass is 10.0. The van der Waals surface area contributed by atoms with E-state index in [1.807, 2.05) is 0 Å². The third-order valence-electron chi connectivity index (χ3n) is 2.72. The second kappa shape index (κ2) is 4.06. The molecule has 0 aromatic carbocycles. The topological polar surface area (TPSA) is 54.9 Å². The van der Waals surface area contributed by atoms with Crippen molar-refractivity contribution in [1.29, 1.82) is 0 Å². The molecule has 1 aromatic rings. The van der Waals surface area contributed by atoms with E-state index >= 15 is 0 Å². The first-order valence-electron chi connectivity index (χ1n) is 4.91. The normalized spacial score (nSPS) is 19.1. The molecule has 0 saturated heterocycles. The Bertz CT molecular complexity index is 373. The van der Waals surface area contributed by atoms with E-state index in [4.69, 9.17) is 11.6 Å². The Balaban J connectivity index is 2.03. The van der Waals surface area contributed by atoms with Gasteiger partial charge in [-0.15, -0.1) is 10.2 Å². The number of hydrogen-bond donors (Lipinski definition) is 1. The first-order chi connectivity index (χ1) is 7.09. The lowest BCUT2D eigenvalue weighted by Crippen LogP contribution is -2.43. The minimum atomic E-state index is -0.163. The molecule has 1 aliphatic carbocycles. The van der Waals surface area contributed by atoms with E-state index in [2.05, 4.69) is 22.4 Å². The van der Waals surface area contributed by atoms with Crippen molar-refractivity contribution in [2.75, 3.05) is 0 Å². The number of nitrogens with one attached hydrogen (secondary N) is 1. The Hall–Kier alpha value is -0.680. The SMILES string of the molecule is CC1(NC(=O)c2nnc(Cl)s2)CCCC1. The highest BCUT2D eigenvalue weighted by molar-refractivity contribution is 7.17. The zero-order chi connectivity index (χ0) is 10.9. The van der Waals surface area contributed by atoms with Crippen molar-refractivity contribution in [2.24, 2.45) is 0 Å². The van der Waals surface area contributed by atoms with Gasteiger partial charge in [-0.25, -0.2) is 0 Å². The Morgan fingerprint density at radius 3 is 2.67 bits per heavy atom. The van der Waals surface area contributed by atoms with Crippen LogP contribution >= 0.6 is 22.9 Å². The van der Waals surface area contributed by atoms with E-state index in [0.717, 1.165) is 24.2 Å². The van der Waals surface area contributed by atoms with Crippen molar-refractivity contribution in [3.05, 3.63) is 9.47 Å². The van der Waals surface area contributed by atoms with Gasteiger partial charge in [-0.1, -0.05) is 24.2 Å². The molecule has 0 atom stereocenters. The summed E-state index contributed by atoms with van der Waals surface area (Å²) >= 11 is 6.73. The number of hydrogen-bond acceptors (Lipinski definition) is 4. The highest BCUT2D eigenvalue weighted by Crippen LogP contribution is 2.29. The van der Waals surface area contributed by atoms with Gasteiger partial charge >= 0.3 is 0 Å². The van der Waals surface area contributed by atoms with E-state index in [0.29, 0.717) is 9.47 Å². The van der Waals surface area contributed by atoms with Crippen LogP contribution in [-0.4, -0.2) is 21.6 Å². The summed E-state index contributed by atoms with van der Waals surface area (Å²) in [6, 6.07) is 0. The molecule has 0 radical (unpaired) electrons. The molecule has 1 aromatic heterocycles. The number of nitrogens with zero attached hydrogens (tertiary/aromatic N) is 2. The summed E-state index contributed by atoms with van der Waals surface area (Å²) in [4.78, 5) is 11.8. The molecule has 82 valence electrons. The van der Waals surface area contributed by atoms with Crippen LogP contribution in [0.1, 0.15) is 42.4 Å². The van der Waals surface area contributed by atoms with Crippen LogP contribution in [0, 0.1) is 0 Å². The minimum Gasteiger partial charge on any atom is -0.345 e. The van der Waals surface area contributed by atoms with Gasteiger partial charge in [0.05, 0.1) is 0 Å². The molecule has 0 bridgehead atoms. The van der Waals surface area contributed by atoms with Gasteiger partial charge in [0, 0.05) is 5.54 Å². The monoisotopic (exact) mass is 245 g/mol. The number of aromatic nitrogens is 2. The molecule has 4 nitrogen and oxygen atoms in total. The minimum absolute atomic E-state index is 0.0742. The van der Waals surface area contributed by atoms with Crippen LogP contribution in [-0.2, 0) is 0 Å². The van der Waals surface area contributed by atoms with Gasteiger partial charge in [0.15, 0.2) is 0 Å². The molecule has 0 unspecified atom stereocenters. The second-order valence-corrected chi connectivity index (χ2v) is 5.64. The van der Waals surface area contributed by atoms with E-state index in [1.165, 1.54) is 12.8 Å². The Morgan fingerprint density at radius 1 is 1.47 bits per heavy atom. The van der Waals surface area contributed by atoms with Gasteiger partial charge in [0.2, 0.25) is 9.47 Å². The second-order valence-electron chi connectivity index (χ2n) is 4.08. The zero-order valence-corrected chi connectivity index (χ0v) is 9.99. The molecule has 6 heteroatoms. The Morgan fingerprint density at radius 2 is 2.13 bits per heavy atom. The molecule has 1 heterocycles. The third-order valence-corrected chi connectivity index (χ3v) is 3.73. The predicted octanol–water partition coefficient (Wildman–Crippen LogP) is 2.25. The molecule has 15 heavy (non-hydrogen) atoms. The maximum atomic E-state index is 11.8. The highest BCUT2D eigenvalue weighted by Gasteiger charge is 2.31. The summed E-state index contributed by atoms with van der Waals surface area (Å²) in [5.74, 6) is -0.163.